The third-order valence-electron chi connectivity index (χ3n) is 2.87. The van der Waals surface area contributed by atoms with E-state index in [1.165, 1.54) is 6.07 Å². The standard InChI is InChI=1S/C13H13FO3/c1-2-8(13(15)16)9-6-7-17-12-10(9)4-3-5-11(12)14/h3-5H,2,6-7H2,1H3,(H,15,16)/b9-8-. The molecule has 0 atom stereocenters. The Balaban J connectivity index is 2.62. The van der Waals surface area contributed by atoms with E-state index in [1.54, 1.807) is 19.1 Å². The smallest absolute Gasteiger partial charge is 0.331 e. The van der Waals surface area contributed by atoms with Crippen molar-refractivity contribution in [2.45, 2.75) is 19.8 Å². The summed E-state index contributed by atoms with van der Waals surface area (Å²) in [4.78, 5) is 11.1. The van der Waals surface area contributed by atoms with Crippen LogP contribution in [0.1, 0.15) is 25.3 Å². The van der Waals surface area contributed by atoms with Crippen LogP contribution in [0.15, 0.2) is 23.8 Å². The van der Waals surface area contributed by atoms with Gasteiger partial charge in [0.25, 0.3) is 0 Å². The summed E-state index contributed by atoms with van der Waals surface area (Å²) in [6.07, 6.45) is 0.923. The van der Waals surface area contributed by atoms with Crippen LogP contribution in [0.25, 0.3) is 5.57 Å². The minimum atomic E-state index is -0.945. The van der Waals surface area contributed by atoms with Crippen molar-refractivity contribution in [3.05, 3.63) is 35.2 Å². The Bertz CT molecular complexity index is 491. The van der Waals surface area contributed by atoms with E-state index >= 15 is 0 Å². The van der Waals surface area contributed by atoms with Crippen molar-refractivity contribution in [2.24, 2.45) is 0 Å². The van der Waals surface area contributed by atoms with Gasteiger partial charge in [-0.05, 0) is 18.1 Å². The highest BCUT2D eigenvalue weighted by Crippen LogP contribution is 2.37. The molecule has 0 aliphatic carbocycles. The van der Waals surface area contributed by atoms with E-state index in [-0.39, 0.29) is 5.75 Å². The van der Waals surface area contributed by atoms with Gasteiger partial charge in [0.15, 0.2) is 11.6 Å². The SMILES string of the molecule is CC/C(C(=O)O)=C1\CCOc2c(F)cccc21. The lowest BCUT2D eigenvalue weighted by Crippen LogP contribution is -2.13. The summed E-state index contributed by atoms with van der Waals surface area (Å²) in [5.41, 5.74) is 1.58. The first-order chi connectivity index (χ1) is 8.15. The zero-order chi connectivity index (χ0) is 12.4. The van der Waals surface area contributed by atoms with Crippen LogP contribution in [-0.4, -0.2) is 17.7 Å². The fourth-order valence-electron chi connectivity index (χ4n) is 2.09. The molecule has 0 aromatic heterocycles. The highest BCUT2D eigenvalue weighted by molar-refractivity contribution is 5.97. The molecule has 17 heavy (non-hydrogen) atoms. The van der Waals surface area contributed by atoms with Crippen LogP contribution >= 0.6 is 0 Å². The lowest BCUT2D eigenvalue weighted by molar-refractivity contribution is -0.132. The van der Waals surface area contributed by atoms with Gasteiger partial charge in [0.1, 0.15) is 0 Å². The van der Waals surface area contributed by atoms with Gasteiger partial charge in [-0.15, -0.1) is 0 Å². The molecule has 0 saturated heterocycles. The lowest BCUT2D eigenvalue weighted by atomic mass is 9.93. The summed E-state index contributed by atoms with van der Waals surface area (Å²) in [6, 6.07) is 4.58. The number of carboxylic acid groups (broad SMARTS) is 1. The second-order valence-electron chi connectivity index (χ2n) is 3.83. The van der Waals surface area contributed by atoms with Crippen LogP contribution in [0, 0.1) is 5.82 Å². The quantitative estimate of drug-likeness (QED) is 0.803. The maximum atomic E-state index is 13.5. The third-order valence-corrected chi connectivity index (χ3v) is 2.87. The van der Waals surface area contributed by atoms with Crippen LogP contribution in [0.3, 0.4) is 0 Å². The molecule has 1 N–H and O–H groups in total. The summed E-state index contributed by atoms with van der Waals surface area (Å²) >= 11 is 0. The molecule has 1 heterocycles. The second-order valence-corrected chi connectivity index (χ2v) is 3.83. The molecule has 0 amide bonds. The van der Waals surface area contributed by atoms with Gasteiger partial charge in [-0.3, -0.25) is 0 Å². The van der Waals surface area contributed by atoms with Crippen molar-refractivity contribution in [3.8, 4) is 5.75 Å². The fraction of sp³-hybridized carbons (Fsp3) is 0.308. The van der Waals surface area contributed by atoms with Gasteiger partial charge in [0, 0.05) is 17.6 Å². The molecule has 0 saturated carbocycles. The summed E-state index contributed by atoms with van der Waals surface area (Å²) in [5, 5.41) is 9.13. The predicted octanol–water partition coefficient (Wildman–Crippen LogP) is 2.86. The number of fused-ring (bicyclic) bond motifs is 1. The molecule has 90 valence electrons. The molecule has 0 radical (unpaired) electrons. The van der Waals surface area contributed by atoms with E-state index in [9.17, 15) is 9.18 Å². The lowest BCUT2D eigenvalue weighted by Gasteiger charge is -2.22. The number of benzene rings is 1. The van der Waals surface area contributed by atoms with Crippen LogP contribution in [0.5, 0.6) is 5.75 Å². The number of carboxylic acids is 1. The van der Waals surface area contributed by atoms with Crippen LogP contribution in [0.2, 0.25) is 0 Å². The van der Waals surface area contributed by atoms with E-state index in [0.717, 1.165) is 0 Å². The third kappa shape index (κ3) is 2.02. The number of hydrogen-bond acceptors (Lipinski definition) is 2. The number of ether oxygens (including phenoxy) is 1. The maximum Gasteiger partial charge on any atom is 0.331 e. The topological polar surface area (TPSA) is 46.5 Å². The summed E-state index contributed by atoms with van der Waals surface area (Å²) < 4.78 is 18.8. The molecule has 0 spiro atoms. The zero-order valence-corrected chi connectivity index (χ0v) is 9.50. The average Bonchev–Trinajstić information content (AvgIpc) is 2.31. The molecule has 1 aromatic rings. The molecule has 0 bridgehead atoms. The van der Waals surface area contributed by atoms with E-state index in [2.05, 4.69) is 0 Å². The highest BCUT2D eigenvalue weighted by atomic mass is 19.1. The van der Waals surface area contributed by atoms with Crippen LogP contribution in [0.4, 0.5) is 4.39 Å². The number of carbonyl (C=O) groups is 1. The van der Waals surface area contributed by atoms with E-state index in [1.807, 2.05) is 0 Å². The molecule has 2 rings (SSSR count). The maximum absolute atomic E-state index is 13.5. The number of halogens is 1. The van der Waals surface area contributed by atoms with Crippen LogP contribution < -0.4 is 4.74 Å². The normalized spacial score (nSPS) is 17.1. The molecule has 1 aromatic carbocycles. The Kier molecular flexibility index (Phi) is 3.13. The number of para-hydroxylation sites is 1. The fourth-order valence-corrected chi connectivity index (χ4v) is 2.09. The predicted molar refractivity (Wildman–Crippen MR) is 61.4 cm³/mol. The molecule has 0 unspecified atom stereocenters. The molecule has 3 nitrogen and oxygen atoms in total. The van der Waals surface area contributed by atoms with Gasteiger partial charge in [-0.1, -0.05) is 19.1 Å². The van der Waals surface area contributed by atoms with Gasteiger partial charge in [-0.25, -0.2) is 9.18 Å². The molecule has 1 aliphatic heterocycles. The largest absolute Gasteiger partial charge is 0.490 e. The number of hydrogen-bond donors (Lipinski definition) is 1. The van der Waals surface area contributed by atoms with Gasteiger partial charge in [0.2, 0.25) is 0 Å². The summed E-state index contributed by atoms with van der Waals surface area (Å²) in [6.45, 7) is 2.10. The van der Waals surface area contributed by atoms with Crippen molar-refractivity contribution in [3.63, 3.8) is 0 Å². The Morgan fingerprint density at radius 1 is 1.53 bits per heavy atom. The van der Waals surface area contributed by atoms with Crippen molar-refractivity contribution < 1.29 is 19.0 Å². The van der Waals surface area contributed by atoms with E-state index < -0.39 is 11.8 Å². The van der Waals surface area contributed by atoms with E-state index in [4.69, 9.17) is 9.84 Å². The Hall–Kier alpha value is -1.84. The highest BCUT2D eigenvalue weighted by Gasteiger charge is 2.23. The number of rotatable bonds is 2. The van der Waals surface area contributed by atoms with Gasteiger partial charge in [-0.2, -0.15) is 0 Å². The van der Waals surface area contributed by atoms with Gasteiger partial charge in [0.05, 0.1) is 6.61 Å². The first-order valence-electron chi connectivity index (χ1n) is 5.52. The first kappa shape index (κ1) is 11.6. The number of aliphatic carboxylic acids is 1. The monoisotopic (exact) mass is 236 g/mol. The van der Waals surface area contributed by atoms with Crippen molar-refractivity contribution >= 4 is 11.5 Å². The van der Waals surface area contributed by atoms with Gasteiger partial charge >= 0.3 is 5.97 Å². The molecular weight excluding hydrogens is 223 g/mol. The minimum absolute atomic E-state index is 0.168. The molecule has 0 fully saturated rings. The van der Waals surface area contributed by atoms with E-state index in [0.29, 0.717) is 36.2 Å². The van der Waals surface area contributed by atoms with Crippen molar-refractivity contribution in [1.82, 2.24) is 0 Å². The molecular formula is C13H13FO3. The molecule has 4 heteroatoms. The zero-order valence-electron chi connectivity index (χ0n) is 9.50. The molecule has 1 aliphatic rings. The van der Waals surface area contributed by atoms with Gasteiger partial charge < -0.3 is 9.84 Å². The Morgan fingerprint density at radius 3 is 2.94 bits per heavy atom. The summed E-state index contributed by atoms with van der Waals surface area (Å²) in [7, 11) is 0. The first-order valence-corrected chi connectivity index (χ1v) is 5.52. The van der Waals surface area contributed by atoms with Crippen molar-refractivity contribution in [1.29, 1.82) is 0 Å². The minimum Gasteiger partial charge on any atom is -0.490 e. The van der Waals surface area contributed by atoms with Crippen LogP contribution in [-0.2, 0) is 4.79 Å². The Morgan fingerprint density at radius 2 is 2.29 bits per heavy atom. The average molecular weight is 236 g/mol. The Labute approximate surface area is 98.5 Å². The van der Waals surface area contributed by atoms with Crippen molar-refractivity contribution in [2.75, 3.05) is 6.61 Å². The second kappa shape index (κ2) is 4.57. The summed E-state index contributed by atoms with van der Waals surface area (Å²) in [5.74, 6) is -1.22.